The minimum absolute atomic E-state index is 0.0373. The van der Waals surface area contributed by atoms with Crippen LogP contribution in [-0.4, -0.2) is 18.0 Å². The molecular weight excluding hydrogens is 266 g/mol. The minimum atomic E-state index is -0.841. The number of imide groups is 1. The van der Waals surface area contributed by atoms with Gasteiger partial charge in [-0.25, -0.2) is 4.79 Å². The number of hydrogen-bond acceptors (Lipinski definition) is 3. The average Bonchev–Trinajstić information content (AvgIpc) is 2.45. The lowest BCUT2D eigenvalue weighted by molar-refractivity contribution is -0.121. The van der Waals surface area contributed by atoms with Crippen molar-refractivity contribution < 1.29 is 9.59 Å². The third-order valence-electron chi connectivity index (χ3n) is 3.43. The molecule has 0 heterocycles. The molecule has 0 aliphatic carbocycles. The number of hydrogen-bond donors (Lipinski definition) is 3. The van der Waals surface area contributed by atoms with Crippen molar-refractivity contribution in [3.63, 3.8) is 0 Å². The number of primary amides is 1. The van der Waals surface area contributed by atoms with Gasteiger partial charge in [-0.3, -0.25) is 15.4 Å². The van der Waals surface area contributed by atoms with E-state index < -0.39 is 18.0 Å². The maximum Gasteiger partial charge on any atom is 0.318 e. The Morgan fingerprint density at radius 1 is 1.05 bits per heavy atom. The number of fused-ring (bicyclic) bond motifs is 1. The second-order valence-electron chi connectivity index (χ2n) is 5.03. The van der Waals surface area contributed by atoms with Gasteiger partial charge in [-0.1, -0.05) is 42.5 Å². The second-order valence-corrected chi connectivity index (χ2v) is 5.03. The Kier molecular flexibility index (Phi) is 4.55. The van der Waals surface area contributed by atoms with Gasteiger partial charge in [0.2, 0.25) is 5.91 Å². The summed E-state index contributed by atoms with van der Waals surface area (Å²) in [4.78, 5) is 22.4. The first-order valence-corrected chi connectivity index (χ1v) is 6.83. The molecule has 0 bridgehead atoms. The van der Waals surface area contributed by atoms with Crippen LogP contribution in [0.1, 0.15) is 25.5 Å². The maximum absolute atomic E-state index is 11.7. The second kappa shape index (κ2) is 6.37. The van der Waals surface area contributed by atoms with E-state index in [9.17, 15) is 9.59 Å². The lowest BCUT2D eigenvalue weighted by Gasteiger charge is -2.20. The average molecular weight is 285 g/mol. The molecule has 21 heavy (non-hydrogen) atoms. The van der Waals surface area contributed by atoms with Crippen molar-refractivity contribution in [3.05, 3.63) is 48.0 Å². The predicted molar refractivity (Wildman–Crippen MR) is 82.7 cm³/mol. The topological polar surface area (TPSA) is 84.2 Å². The van der Waals surface area contributed by atoms with Gasteiger partial charge < -0.3 is 5.73 Å². The summed E-state index contributed by atoms with van der Waals surface area (Å²) in [6.07, 6.45) is 0. The molecule has 3 amide bonds. The van der Waals surface area contributed by atoms with Crippen LogP contribution in [0, 0.1) is 0 Å². The molecule has 5 nitrogen and oxygen atoms in total. The molecule has 2 rings (SSSR count). The fraction of sp³-hybridized carbons (Fsp3) is 0.250. The number of carbonyl (C=O) groups excluding carboxylic acids is 2. The van der Waals surface area contributed by atoms with E-state index >= 15 is 0 Å². The number of carbonyl (C=O) groups is 2. The van der Waals surface area contributed by atoms with Gasteiger partial charge in [0.05, 0.1) is 6.04 Å². The molecule has 2 aromatic rings. The normalized spacial score (nSPS) is 13.6. The highest BCUT2D eigenvalue weighted by Crippen LogP contribution is 2.24. The summed E-state index contributed by atoms with van der Waals surface area (Å²) >= 11 is 0. The number of amides is 3. The molecule has 0 fully saturated rings. The zero-order chi connectivity index (χ0) is 15.4. The third kappa shape index (κ3) is 3.58. The van der Waals surface area contributed by atoms with E-state index in [0.29, 0.717) is 0 Å². The maximum atomic E-state index is 11.7. The van der Waals surface area contributed by atoms with E-state index in [2.05, 4.69) is 28.8 Å². The van der Waals surface area contributed by atoms with Crippen LogP contribution in [-0.2, 0) is 4.79 Å². The van der Waals surface area contributed by atoms with Gasteiger partial charge >= 0.3 is 6.03 Å². The van der Waals surface area contributed by atoms with Crippen LogP contribution in [0.15, 0.2) is 42.5 Å². The molecule has 0 saturated carbocycles. The molecule has 0 spiro atoms. The van der Waals surface area contributed by atoms with Crippen LogP contribution in [0.25, 0.3) is 10.8 Å². The quantitative estimate of drug-likeness (QED) is 0.804. The van der Waals surface area contributed by atoms with Gasteiger partial charge in [-0.05, 0) is 30.2 Å². The molecule has 2 atom stereocenters. The zero-order valence-corrected chi connectivity index (χ0v) is 12.1. The lowest BCUT2D eigenvalue weighted by Crippen LogP contribution is -2.47. The lowest BCUT2D eigenvalue weighted by atomic mass is 9.99. The molecule has 5 heteroatoms. The Hall–Kier alpha value is -2.40. The molecular formula is C16H19N3O2. The summed E-state index contributed by atoms with van der Waals surface area (Å²) in [5.74, 6) is -0.436. The fourth-order valence-corrected chi connectivity index (χ4v) is 2.40. The van der Waals surface area contributed by atoms with Gasteiger partial charge in [-0.15, -0.1) is 0 Å². The molecule has 0 aromatic heterocycles. The molecule has 2 aromatic carbocycles. The summed E-state index contributed by atoms with van der Waals surface area (Å²) in [5, 5.41) is 7.54. The molecule has 0 aliphatic heterocycles. The number of urea groups is 1. The monoisotopic (exact) mass is 285 g/mol. The van der Waals surface area contributed by atoms with Crippen LogP contribution in [0.5, 0.6) is 0 Å². The highest BCUT2D eigenvalue weighted by molar-refractivity contribution is 5.96. The van der Waals surface area contributed by atoms with Gasteiger partial charge in [0, 0.05) is 6.04 Å². The smallest absolute Gasteiger partial charge is 0.318 e. The first kappa shape index (κ1) is 15.0. The highest BCUT2D eigenvalue weighted by Gasteiger charge is 2.18. The van der Waals surface area contributed by atoms with Gasteiger partial charge in [0.15, 0.2) is 0 Å². The van der Waals surface area contributed by atoms with Crippen molar-refractivity contribution in [3.8, 4) is 0 Å². The van der Waals surface area contributed by atoms with Crippen molar-refractivity contribution in [2.75, 3.05) is 0 Å². The standard InChI is InChI=1S/C16H19N3O2/c1-10(18-11(2)15(20)19-16(17)21)13-9-5-7-12-6-3-4-8-14(12)13/h3-11,18H,1-2H3,(H3,17,19,20,21)/t10-,11+/m1/s1. The summed E-state index contributed by atoms with van der Waals surface area (Å²) in [6.45, 7) is 3.68. The Balaban J connectivity index is 2.17. The SMILES string of the molecule is C[C@H](N[C@H](C)c1cccc2ccccc12)C(=O)NC(N)=O. The van der Waals surface area contributed by atoms with E-state index in [4.69, 9.17) is 5.73 Å². The van der Waals surface area contributed by atoms with Crippen molar-refractivity contribution >= 4 is 22.7 Å². The molecule has 0 radical (unpaired) electrons. The van der Waals surface area contributed by atoms with E-state index in [1.807, 2.05) is 31.2 Å². The summed E-state index contributed by atoms with van der Waals surface area (Å²) in [7, 11) is 0. The van der Waals surface area contributed by atoms with E-state index in [1.165, 1.54) is 0 Å². The Morgan fingerprint density at radius 3 is 2.43 bits per heavy atom. The van der Waals surface area contributed by atoms with Gasteiger partial charge in [-0.2, -0.15) is 0 Å². The van der Waals surface area contributed by atoms with Crippen molar-refractivity contribution in [2.24, 2.45) is 5.73 Å². The predicted octanol–water partition coefficient (Wildman–Crippen LogP) is 2.07. The summed E-state index contributed by atoms with van der Waals surface area (Å²) < 4.78 is 0. The molecule has 0 unspecified atom stereocenters. The molecule has 0 aliphatic rings. The number of rotatable bonds is 4. The molecule has 0 saturated heterocycles. The Morgan fingerprint density at radius 2 is 1.71 bits per heavy atom. The Bertz CT molecular complexity index is 664. The number of nitrogens with one attached hydrogen (secondary N) is 2. The van der Waals surface area contributed by atoms with Crippen LogP contribution in [0.4, 0.5) is 4.79 Å². The third-order valence-corrected chi connectivity index (χ3v) is 3.43. The van der Waals surface area contributed by atoms with E-state index in [-0.39, 0.29) is 6.04 Å². The van der Waals surface area contributed by atoms with Crippen molar-refractivity contribution in [1.29, 1.82) is 0 Å². The first-order chi connectivity index (χ1) is 9.99. The number of benzene rings is 2. The Labute approximate surface area is 123 Å². The summed E-state index contributed by atoms with van der Waals surface area (Å²) in [5.41, 5.74) is 6.05. The number of nitrogens with two attached hydrogens (primary N) is 1. The largest absolute Gasteiger partial charge is 0.351 e. The first-order valence-electron chi connectivity index (χ1n) is 6.83. The molecule has 4 N–H and O–H groups in total. The van der Waals surface area contributed by atoms with Crippen LogP contribution in [0.2, 0.25) is 0 Å². The van der Waals surface area contributed by atoms with Crippen LogP contribution < -0.4 is 16.4 Å². The zero-order valence-electron chi connectivity index (χ0n) is 12.1. The van der Waals surface area contributed by atoms with Crippen LogP contribution in [0.3, 0.4) is 0 Å². The minimum Gasteiger partial charge on any atom is -0.351 e. The van der Waals surface area contributed by atoms with Crippen LogP contribution >= 0.6 is 0 Å². The van der Waals surface area contributed by atoms with Crippen molar-refractivity contribution in [2.45, 2.75) is 25.9 Å². The fourth-order valence-electron chi connectivity index (χ4n) is 2.40. The van der Waals surface area contributed by atoms with Crippen molar-refractivity contribution in [1.82, 2.24) is 10.6 Å². The van der Waals surface area contributed by atoms with E-state index in [1.54, 1.807) is 6.92 Å². The molecule has 110 valence electrons. The summed E-state index contributed by atoms with van der Waals surface area (Å²) in [6, 6.07) is 12.8. The van der Waals surface area contributed by atoms with Gasteiger partial charge in [0.1, 0.15) is 0 Å². The van der Waals surface area contributed by atoms with E-state index in [0.717, 1.165) is 16.3 Å². The van der Waals surface area contributed by atoms with Gasteiger partial charge in [0.25, 0.3) is 0 Å². The highest BCUT2D eigenvalue weighted by atomic mass is 16.2.